The number of rotatable bonds is 4. The van der Waals surface area contributed by atoms with Crippen LogP contribution in [-0.2, 0) is 0 Å². The summed E-state index contributed by atoms with van der Waals surface area (Å²) in [6.45, 7) is 4.03. The molecular formula is C13H17BrF3NO. The first-order chi connectivity index (χ1) is 8.61. The topological polar surface area (TPSA) is 23.5 Å². The molecule has 0 bridgehead atoms. The second-order valence-corrected chi connectivity index (χ2v) is 5.57. The summed E-state index contributed by atoms with van der Waals surface area (Å²) in [5, 5.41) is 9.51. The molecule has 0 amide bonds. The lowest BCUT2D eigenvalue weighted by Crippen LogP contribution is -2.39. The van der Waals surface area contributed by atoms with Gasteiger partial charge >= 0.3 is 6.18 Å². The summed E-state index contributed by atoms with van der Waals surface area (Å²) in [7, 11) is 0. The zero-order valence-corrected chi connectivity index (χ0v) is 12.6. The minimum atomic E-state index is -4.25. The first-order valence-corrected chi connectivity index (χ1v) is 6.72. The Hall–Kier alpha value is -0.750. The van der Waals surface area contributed by atoms with Crippen LogP contribution in [0.5, 0.6) is 0 Å². The number of halogens is 4. The van der Waals surface area contributed by atoms with E-state index in [0.717, 1.165) is 0 Å². The summed E-state index contributed by atoms with van der Waals surface area (Å²) < 4.78 is 38.3. The van der Waals surface area contributed by atoms with E-state index in [1.54, 1.807) is 39.0 Å². The van der Waals surface area contributed by atoms with E-state index in [-0.39, 0.29) is 6.04 Å². The second kappa shape index (κ2) is 6.13. The zero-order chi connectivity index (χ0) is 14.8. The average molecular weight is 340 g/mol. The lowest BCUT2D eigenvalue weighted by atomic mass is 10.1. The Bertz CT molecular complexity index is 432. The smallest absolute Gasteiger partial charge is 0.389 e. The number of nitrogens with zero attached hydrogens (tertiary/aromatic N) is 1. The van der Waals surface area contributed by atoms with Gasteiger partial charge in [-0.05, 0) is 38.5 Å². The van der Waals surface area contributed by atoms with Crippen LogP contribution >= 0.6 is 15.9 Å². The zero-order valence-electron chi connectivity index (χ0n) is 11.0. The lowest BCUT2D eigenvalue weighted by molar-refractivity contribution is -0.120. The highest BCUT2D eigenvalue weighted by Gasteiger charge is 2.32. The van der Waals surface area contributed by atoms with Crippen molar-refractivity contribution in [1.82, 2.24) is 0 Å². The van der Waals surface area contributed by atoms with Crippen molar-refractivity contribution in [3.63, 3.8) is 0 Å². The van der Waals surface area contributed by atoms with Crippen molar-refractivity contribution in [2.24, 2.45) is 0 Å². The Balaban J connectivity index is 3.08. The van der Waals surface area contributed by atoms with Crippen LogP contribution < -0.4 is 4.90 Å². The van der Waals surface area contributed by atoms with E-state index >= 15 is 0 Å². The molecular weight excluding hydrogens is 323 g/mol. The Morgan fingerprint density at radius 2 is 1.84 bits per heavy atom. The first kappa shape index (κ1) is 16.3. The van der Waals surface area contributed by atoms with Crippen molar-refractivity contribution in [3.8, 4) is 0 Å². The minimum absolute atomic E-state index is 0.272. The van der Waals surface area contributed by atoms with Crippen LogP contribution in [0.4, 0.5) is 18.9 Å². The highest BCUT2D eigenvalue weighted by Crippen LogP contribution is 2.30. The quantitative estimate of drug-likeness (QED) is 0.884. The Labute approximate surface area is 119 Å². The Morgan fingerprint density at radius 1 is 1.26 bits per heavy atom. The molecule has 1 atom stereocenters. The van der Waals surface area contributed by atoms with Crippen molar-refractivity contribution in [2.45, 2.75) is 39.1 Å². The summed E-state index contributed by atoms with van der Waals surface area (Å²) >= 11 is 3.28. The van der Waals surface area contributed by atoms with Gasteiger partial charge in [-0.3, -0.25) is 0 Å². The van der Waals surface area contributed by atoms with Gasteiger partial charge in [-0.15, -0.1) is 0 Å². The van der Waals surface area contributed by atoms with Gasteiger partial charge in [0, 0.05) is 16.2 Å². The van der Waals surface area contributed by atoms with Gasteiger partial charge < -0.3 is 10.0 Å². The summed E-state index contributed by atoms with van der Waals surface area (Å²) in [5.41, 5.74) is 1.13. The Kier molecular flexibility index (Phi) is 5.26. The van der Waals surface area contributed by atoms with E-state index in [9.17, 15) is 18.3 Å². The van der Waals surface area contributed by atoms with Gasteiger partial charge in [0.2, 0.25) is 0 Å². The molecule has 108 valence electrons. The highest BCUT2D eigenvalue weighted by atomic mass is 79.9. The molecule has 0 fully saturated rings. The van der Waals surface area contributed by atoms with Gasteiger partial charge in [-0.25, -0.2) is 0 Å². The van der Waals surface area contributed by atoms with Crippen molar-refractivity contribution < 1.29 is 18.3 Å². The van der Waals surface area contributed by atoms with Crippen molar-refractivity contribution in [3.05, 3.63) is 28.2 Å². The summed E-state index contributed by atoms with van der Waals surface area (Å²) in [4.78, 5) is 1.27. The van der Waals surface area contributed by atoms with Crippen molar-refractivity contribution in [2.75, 3.05) is 11.4 Å². The molecule has 1 rings (SSSR count). The maximum absolute atomic E-state index is 12.6. The molecule has 0 unspecified atom stereocenters. The van der Waals surface area contributed by atoms with Crippen LogP contribution in [0.2, 0.25) is 0 Å². The van der Waals surface area contributed by atoms with E-state index in [0.29, 0.717) is 15.7 Å². The van der Waals surface area contributed by atoms with Gasteiger partial charge in [-0.2, -0.15) is 13.2 Å². The van der Waals surface area contributed by atoms with Crippen LogP contribution in [0.3, 0.4) is 0 Å². The number of hydrogen-bond donors (Lipinski definition) is 1. The van der Waals surface area contributed by atoms with Crippen LogP contribution in [0, 0.1) is 0 Å². The summed E-state index contributed by atoms with van der Waals surface area (Å²) in [6, 6.07) is 4.56. The number of alkyl halides is 3. The molecule has 1 aromatic rings. The standard InChI is InChI=1S/C13H17BrF3NO/c1-8(2)18(7-13(15,16)17)10-4-5-11(9(3)19)12(14)6-10/h4-6,8-9,19H,7H2,1-3H3/t9-/m1/s1. The number of benzene rings is 1. The summed E-state index contributed by atoms with van der Waals surface area (Å²) in [5.74, 6) is 0. The van der Waals surface area contributed by atoms with Crippen LogP contribution in [-0.4, -0.2) is 23.9 Å². The average Bonchev–Trinajstić information content (AvgIpc) is 2.23. The predicted molar refractivity (Wildman–Crippen MR) is 73.3 cm³/mol. The molecule has 0 aliphatic rings. The maximum atomic E-state index is 12.6. The number of aliphatic hydroxyl groups is 1. The van der Waals surface area contributed by atoms with E-state index in [4.69, 9.17) is 0 Å². The number of hydrogen-bond acceptors (Lipinski definition) is 2. The SMILES string of the molecule is CC(C)N(CC(F)(F)F)c1ccc([C@@H](C)O)c(Br)c1. The maximum Gasteiger partial charge on any atom is 0.405 e. The molecule has 0 saturated carbocycles. The van der Waals surface area contributed by atoms with Crippen molar-refractivity contribution >= 4 is 21.6 Å². The van der Waals surface area contributed by atoms with Gasteiger partial charge in [0.25, 0.3) is 0 Å². The monoisotopic (exact) mass is 339 g/mol. The highest BCUT2D eigenvalue weighted by molar-refractivity contribution is 9.10. The third kappa shape index (κ3) is 4.69. The third-order valence-corrected chi connectivity index (χ3v) is 3.43. The first-order valence-electron chi connectivity index (χ1n) is 5.92. The normalized spacial score (nSPS) is 13.7. The predicted octanol–water partition coefficient (Wildman–Crippen LogP) is 4.28. The lowest BCUT2D eigenvalue weighted by Gasteiger charge is -2.30. The molecule has 2 nitrogen and oxygen atoms in total. The van der Waals surface area contributed by atoms with Crippen LogP contribution in [0.1, 0.15) is 32.4 Å². The van der Waals surface area contributed by atoms with Gasteiger partial charge in [0.05, 0.1) is 6.10 Å². The molecule has 0 aromatic heterocycles. The molecule has 0 radical (unpaired) electrons. The summed E-state index contributed by atoms with van der Waals surface area (Å²) in [6.07, 6.45) is -4.92. The van der Waals surface area contributed by atoms with E-state index < -0.39 is 18.8 Å². The Morgan fingerprint density at radius 3 is 2.21 bits per heavy atom. The molecule has 0 aliphatic carbocycles. The number of aliphatic hydroxyl groups excluding tert-OH is 1. The molecule has 0 saturated heterocycles. The fourth-order valence-corrected chi connectivity index (χ4v) is 2.50. The number of anilines is 1. The van der Waals surface area contributed by atoms with Gasteiger partial charge in [0.15, 0.2) is 0 Å². The van der Waals surface area contributed by atoms with Crippen molar-refractivity contribution in [1.29, 1.82) is 0 Å². The van der Waals surface area contributed by atoms with Gasteiger partial charge in [0.1, 0.15) is 6.54 Å². The largest absolute Gasteiger partial charge is 0.405 e. The molecule has 1 N–H and O–H groups in total. The second-order valence-electron chi connectivity index (χ2n) is 4.72. The molecule has 6 heteroatoms. The molecule has 0 heterocycles. The third-order valence-electron chi connectivity index (χ3n) is 2.74. The van der Waals surface area contributed by atoms with E-state index in [2.05, 4.69) is 15.9 Å². The van der Waals surface area contributed by atoms with Gasteiger partial charge in [-0.1, -0.05) is 22.0 Å². The molecule has 1 aromatic carbocycles. The van der Waals surface area contributed by atoms with E-state index in [1.165, 1.54) is 4.90 Å². The minimum Gasteiger partial charge on any atom is -0.389 e. The fourth-order valence-electron chi connectivity index (χ4n) is 1.80. The fraction of sp³-hybridized carbons (Fsp3) is 0.538. The molecule has 19 heavy (non-hydrogen) atoms. The van der Waals surface area contributed by atoms with Crippen LogP contribution in [0.15, 0.2) is 22.7 Å². The van der Waals surface area contributed by atoms with Crippen LogP contribution in [0.25, 0.3) is 0 Å². The molecule has 0 aliphatic heterocycles. The van der Waals surface area contributed by atoms with E-state index in [1.807, 2.05) is 0 Å². The molecule has 0 spiro atoms.